The molecule has 0 aromatic carbocycles. The van der Waals surface area contributed by atoms with Crippen LogP contribution in [-0.4, -0.2) is 35.6 Å². The van der Waals surface area contributed by atoms with Crippen molar-refractivity contribution in [3.05, 3.63) is 0 Å². The Bertz CT molecular complexity index is 364. The molecule has 3 amide bonds. The SMILES string of the molecule is CC(NC(=O)NCC1(C(=O)O)CCCCC1)C(N)=O. The first kappa shape index (κ1) is 15.3. The van der Waals surface area contributed by atoms with E-state index < -0.39 is 29.4 Å². The van der Waals surface area contributed by atoms with Crippen LogP contribution in [0.4, 0.5) is 4.79 Å². The Balaban J connectivity index is 2.50. The number of primary amides is 1. The Labute approximate surface area is 111 Å². The van der Waals surface area contributed by atoms with Gasteiger partial charge in [0.2, 0.25) is 5.91 Å². The number of amides is 3. The van der Waals surface area contributed by atoms with Gasteiger partial charge in [0.15, 0.2) is 0 Å². The highest BCUT2D eigenvalue weighted by Gasteiger charge is 2.39. The van der Waals surface area contributed by atoms with E-state index in [2.05, 4.69) is 10.6 Å². The molecule has 1 atom stereocenters. The van der Waals surface area contributed by atoms with Crippen molar-refractivity contribution in [2.75, 3.05) is 6.54 Å². The Morgan fingerprint density at radius 3 is 2.32 bits per heavy atom. The molecule has 19 heavy (non-hydrogen) atoms. The summed E-state index contributed by atoms with van der Waals surface area (Å²) in [6.45, 7) is 1.54. The van der Waals surface area contributed by atoms with E-state index in [0.717, 1.165) is 19.3 Å². The second kappa shape index (κ2) is 6.40. The van der Waals surface area contributed by atoms with E-state index in [9.17, 15) is 19.5 Å². The molecule has 1 rings (SSSR count). The molecule has 0 aliphatic heterocycles. The maximum Gasteiger partial charge on any atom is 0.315 e. The second-order valence-corrected chi connectivity index (χ2v) is 5.10. The third kappa shape index (κ3) is 4.11. The Morgan fingerprint density at radius 1 is 1.26 bits per heavy atom. The maximum atomic E-state index is 11.5. The molecule has 7 nitrogen and oxygen atoms in total. The van der Waals surface area contributed by atoms with Gasteiger partial charge in [-0.2, -0.15) is 0 Å². The first-order valence-electron chi connectivity index (χ1n) is 6.44. The van der Waals surface area contributed by atoms with E-state index in [0.29, 0.717) is 12.8 Å². The third-order valence-corrected chi connectivity index (χ3v) is 3.63. The zero-order chi connectivity index (χ0) is 14.5. The van der Waals surface area contributed by atoms with Gasteiger partial charge < -0.3 is 21.5 Å². The second-order valence-electron chi connectivity index (χ2n) is 5.10. The number of hydrogen-bond acceptors (Lipinski definition) is 3. The van der Waals surface area contributed by atoms with Crippen molar-refractivity contribution in [1.29, 1.82) is 0 Å². The minimum Gasteiger partial charge on any atom is -0.481 e. The smallest absolute Gasteiger partial charge is 0.315 e. The average molecular weight is 271 g/mol. The van der Waals surface area contributed by atoms with Crippen LogP contribution in [0.2, 0.25) is 0 Å². The monoisotopic (exact) mass is 271 g/mol. The van der Waals surface area contributed by atoms with Gasteiger partial charge in [-0.1, -0.05) is 19.3 Å². The van der Waals surface area contributed by atoms with Crippen LogP contribution >= 0.6 is 0 Å². The van der Waals surface area contributed by atoms with Crippen molar-refractivity contribution >= 4 is 17.9 Å². The number of carbonyl (C=O) groups excluding carboxylic acids is 2. The highest BCUT2D eigenvalue weighted by molar-refractivity contribution is 5.85. The molecule has 1 unspecified atom stereocenters. The molecule has 108 valence electrons. The van der Waals surface area contributed by atoms with Gasteiger partial charge in [0.1, 0.15) is 6.04 Å². The molecule has 0 aromatic heterocycles. The topological polar surface area (TPSA) is 122 Å². The lowest BCUT2D eigenvalue weighted by Gasteiger charge is -2.33. The summed E-state index contributed by atoms with van der Waals surface area (Å²) in [6.07, 6.45) is 3.86. The lowest BCUT2D eigenvalue weighted by molar-refractivity contribution is -0.150. The summed E-state index contributed by atoms with van der Waals surface area (Å²) in [5.41, 5.74) is 4.14. The minimum absolute atomic E-state index is 0.0691. The summed E-state index contributed by atoms with van der Waals surface area (Å²) in [5, 5.41) is 14.2. The van der Waals surface area contributed by atoms with Gasteiger partial charge in [-0.15, -0.1) is 0 Å². The van der Waals surface area contributed by atoms with Crippen molar-refractivity contribution < 1.29 is 19.5 Å². The highest BCUT2D eigenvalue weighted by Crippen LogP contribution is 2.35. The number of nitrogens with one attached hydrogen (secondary N) is 2. The zero-order valence-electron chi connectivity index (χ0n) is 11.1. The molecule has 5 N–H and O–H groups in total. The summed E-state index contributed by atoms with van der Waals surface area (Å²) in [6, 6.07) is -1.36. The fraction of sp³-hybridized carbons (Fsp3) is 0.750. The number of aliphatic carboxylic acids is 1. The molecular formula is C12H21N3O4. The van der Waals surface area contributed by atoms with Gasteiger partial charge in [-0.05, 0) is 19.8 Å². The summed E-state index contributed by atoms with van der Waals surface area (Å²) >= 11 is 0. The normalized spacial score (nSPS) is 19.2. The number of nitrogens with two attached hydrogens (primary N) is 1. The predicted octanol–water partition coefficient (Wildman–Crippen LogP) is 0.194. The lowest BCUT2D eigenvalue weighted by Crippen LogP contribution is -2.51. The molecule has 0 heterocycles. The first-order valence-corrected chi connectivity index (χ1v) is 6.44. The largest absolute Gasteiger partial charge is 0.481 e. The van der Waals surface area contributed by atoms with E-state index in [-0.39, 0.29) is 6.54 Å². The fourth-order valence-electron chi connectivity index (χ4n) is 2.26. The molecule has 0 aromatic rings. The van der Waals surface area contributed by atoms with E-state index in [1.807, 2.05) is 0 Å². The molecule has 1 aliphatic carbocycles. The molecule has 7 heteroatoms. The molecule has 0 spiro atoms. The minimum atomic E-state index is -0.883. The number of carboxylic acids is 1. The lowest BCUT2D eigenvalue weighted by atomic mass is 9.74. The highest BCUT2D eigenvalue weighted by atomic mass is 16.4. The standard InChI is InChI=1S/C12H21N3O4/c1-8(9(13)16)15-11(19)14-7-12(10(17)18)5-3-2-4-6-12/h8H,2-7H2,1H3,(H2,13,16)(H,17,18)(H2,14,15,19). The van der Waals surface area contributed by atoms with Crippen LogP contribution in [0.15, 0.2) is 0 Å². The van der Waals surface area contributed by atoms with Gasteiger partial charge in [0, 0.05) is 6.54 Å². The van der Waals surface area contributed by atoms with Gasteiger partial charge in [-0.3, -0.25) is 9.59 Å². The predicted molar refractivity (Wildman–Crippen MR) is 68.3 cm³/mol. The van der Waals surface area contributed by atoms with Crippen molar-refractivity contribution in [2.45, 2.75) is 45.1 Å². The molecule has 1 saturated carbocycles. The number of carbonyl (C=O) groups is 3. The zero-order valence-corrected chi connectivity index (χ0v) is 11.1. The molecule has 0 saturated heterocycles. The Morgan fingerprint density at radius 2 is 1.84 bits per heavy atom. The first-order chi connectivity index (χ1) is 8.87. The molecule has 1 fully saturated rings. The summed E-state index contributed by atoms with van der Waals surface area (Å²) in [5.74, 6) is -1.52. The molecule has 1 aliphatic rings. The van der Waals surface area contributed by atoms with E-state index in [4.69, 9.17) is 5.73 Å². The summed E-state index contributed by atoms with van der Waals surface area (Å²) in [7, 11) is 0. The average Bonchev–Trinajstić information content (AvgIpc) is 2.37. The number of carboxylic acid groups (broad SMARTS) is 1. The number of hydrogen-bond donors (Lipinski definition) is 4. The van der Waals surface area contributed by atoms with Gasteiger partial charge >= 0.3 is 12.0 Å². The third-order valence-electron chi connectivity index (χ3n) is 3.63. The van der Waals surface area contributed by atoms with Crippen molar-refractivity contribution in [3.63, 3.8) is 0 Å². The quantitative estimate of drug-likeness (QED) is 0.570. The van der Waals surface area contributed by atoms with Crippen molar-refractivity contribution in [3.8, 4) is 0 Å². The van der Waals surface area contributed by atoms with Crippen LogP contribution in [0.3, 0.4) is 0 Å². The van der Waals surface area contributed by atoms with Gasteiger partial charge in [-0.25, -0.2) is 4.79 Å². The Kier molecular flexibility index (Phi) is 5.14. The van der Waals surface area contributed by atoms with E-state index >= 15 is 0 Å². The Hall–Kier alpha value is -1.79. The molecule has 0 bridgehead atoms. The van der Waals surface area contributed by atoms with Crippen LogP contribution < -0.4 is 16.4 Å². The van der Waals surface area contributed by atoms with E-state index in [1.165, 1.54) is 6.92 Å². The van der Waals surface area contributed by atoms with Crippen molar-refractivity contribution in [1.82, 2.24) is 10.6 Å². The van der Waals surface area contributed by atoms with Crippen LogP contribution in [-0.2, 0) is 9.59 Å². The van der Waals surface area contributed by atoms with Gasteiger partial charge in [0.25, 0.3) is 0 Å². The van der Waals surface area contributed by atoms with Crippen LogP contribution in [0.1, 0.15) is 39.0 Å². The fourth-order valence-corrected chi connectivity index (χ4v) is 2.26. The maximum absolute atomic E-state index is 11.5. The molecule has 0 radical (unpaired) electrons. The van der Waals surface area contributed by atoms with Gasteiger partial charge in [0.05, 0.1) is 5.41 Å². The summed E-state index contributed by atoms with van der Waals surface area (Å²) < 4.78 is 0. The number of urea groups is 1. The summed E-state index contributed by atoms with van der Waals surface area (Å²) in [4.78, 5) is 33.7. The van der Waals surface area contributed by atoms with Crippen LogP contribution in [0.25, 0.3) is 0 Å². The van der Waals surface area contributed by atoms with Crippen LogP contribution in [0.5, 0.6) is 0 Å². The van der Waals surface area contributed by atoms with Crippen molar-refractivity contribution in [2.24, 2.45) is 11.1 Å². The van der Waals surface area contributed by atoms with Crippen LogP contribution in [0, 0.1) is 5.41 Å². The van der Waals surface area contributed by atoms with E-state index in [1.54, 1.807) is 0 Å². The molecular weight excluding hydrogens is 250 g/mol. The number of rotatable bonds is 5.